The second-order valence-corrected chi connectivity index (χ2v) is 6.86. The SMILES string of the molecule is COc1ccc(C(=O)c2c(C(=O)O)n(Cc3ccccc3)c3ccccc23)c(OC)n1. The van der Waals surface area contributed by atoms with E-state index in [4.69, 9.17) is 9.47 Å². The molecule has 7 heteroatoms. The monoisotopic (exact) mass is 416 g/mol. The molecule has 4 aromatic rings. The van der Waals surface area contributed by atoms with Gasteiger partial charge < -0.3 is 19.1 Å². The number of hydrogen-bond acceptors (Lipinski definition) is 5. The molecule has 0 saturated carbocycles. The molecule has 1 N–H and O–H groups in total. The highest BCUT2D eigenvalue weighted by Gasteiger charge is 2.29. The largest absolute Gasteiger partial charge is 0.481 e. The summed E-state index contributed by atoms with van der Waals surface area (Å²) < 4.78 is 12.0. The number of rotatable bonds is 7. The third-order valence-electron chi connectivity index (χ3n) is 5.07. The summed E-state index contributed by atoms with van der Waals surface area (Å²) in [7, 11) is 2.86. The molecule has 0 bridgehead atoms. The van der Waals surface area contributed by atoms with Gasteiger partial charge in [0.05, 0.1) is 25.3 Å². The van der Waals surface area contributed by atoms with Crippen LogP contribution in [0.5, 0.6) is 11.8 Å². The third-order valence-corrected chi connectivity index (χ3v) is 5.07. The number of ether oxygens (including phenoxy) is 2. The van der Waals surface area contributed by atoms with Crippen molar-refractivity contribution in [2.24, 2.45) is 0 Å². The molecule has 0 atom stereocenters. The Morgan fingerprint density at radius 3 is 2.32 bits per heavy atom. The van der Waals surface area contributed by atoms with Crippen LogP contribution in [0.2, 0.25) is 0 Å². The van der Waals surface area contributed by atoms with Gasteiger partial charge in [-0.05, 0) is 17.7 Å². The van der Waals surface area contributed by atoms with Gasteiger partial charge >= 0.3 is 5.97 Å². The van der Waals surface area contributed by atoms with Gasteiger partial charge in [-0.3, -0.25) is 4.79 Å². The Kier molecular flexibility index (Phi) is 5.41. The number of pyridine rings is 1. The number of ketones is 1. The molecule has 156 valence electrons. The molecule has 0 unspecified atom stereocenters. The normalized spacial score (nSPS) is 10.8. The van der Waals surface area contributed by atoms with Gasteiger partial charge in [-0.2, -0.15) is 4.98 Å². The van der Waals surface area contributed by atoms with Crippen LogP contribution in [0, 0.1) is 0 Å². The van der Waals surface area contributed by atoms with Gasteiger partial charge in [0.2, 0.25) is 17.5 Å². The van der Waals surface area contributed by atoms with E-state index in [0.29, 0.717) is 23.3 Å². The number of carboxylic acids is 1. The van der Waals surface area contributed by atoms with Crippen molar-refractivity contribution in [3.63, 3.8) is 0 Å². The van der Waals surface area contributed by atoms with Crippen LogP contribution in [0.3, 0.4) is 0 Å². The number of fused-ring (bicyclic) bond motifs is 1. The highest BCUT2D eigenvalue weighted by molar-refractivity contribution is 6.22. The molecule has 0 amide bonds. The Morgan fingerprint density at radius 2 is 1.65 bits per heavy atom. The number of aromatic nitrogens is 2. The summed E-state index contributed by atoms with van der Waals surface area (Å²) in [6, 6.07) is 19.7. The highest BCUT2D eigenvalue weighted by atomic mass is 16.5. The van der Waals surface area contributed by atoms with Gasteiger partial charge in [0.25, 0.3) is 0 Å². The van der Waals surface area contributed by atoms with E-state index in [0.717, 1.165) is 5.56 Å². The molecule has 2 heterocycles. The molecule has 2 aromatic carbocycles. The molecule has 0 aliphatic carbocycles. The Bertz CT molecular complexity index is 1280. The first-order chi connectivity index (χ1) is 15.0. The quantitative estimate of drug-likeness (QED) is 0.458. The van der Waals surface area contributed by atoms with Crippen LogP contribution in [0.1, 0.15) is 32.0 Å². The predicted molar refractivity (Wildman–Crippen MR) is 115 cm³/mol. The predicted octanol–water partition coefficient (Wildman–Crippen LogP) is 4.03. The van der Waals surface area contributed by atoms with Crippen molar-refractivity contribution < 1.29 is 24.2 Å². The minimum absolute atomic E-state index is 0.0700. The molecule has 0 radical (unpaired) electrons. The lowest BCUT2D eigenvalue weighted by molar-refractivity contribution is 0.0682. The molecular weight excluding hydrogens is 396 g/mol. The maximum Gasteiger partial charge on any atom is 0.353 e. The number of benzene rings is 2. The fourth-order valence-corrected chi connectivity index (χ4v) is 3.69. The minimum atomic E-state index is -1.18. The van der Waals surface area contributed by atoms with E-state index in [-0.39, 0.29) is 22.7 Å². The number of aromatic carboxylic acids is 1. The summed E-state index contributed by atoms with van der Waals surface area (Å²) in [5.41, 5.74) is 1.77. The van der Waals surface area contributed by atoms with E-state index in [1.165, 1.54) is 20.3 Å². The van der Waals surface area contributed by atoms with E-state index < -0.39 is 11.8 Å². The molecule has 0 fully saturated rings. The molecule has 31 heavy (non-hydrogen) atoms. The first-order valence-electron chi connectivity index (χ1n) is 9.57. The summed E-state index contributed by atoms with van der Waals surface area (Å²) in [6.45, 7) is 0.314. The molecule has 0 spiro atoms. The maximum absolute atomic E-state index is 13.6. The van der Waals surface area contributed by atoms with E-state index in [1.54, 1.807) is 22.8 Å². The van der Waals surface area contributed by atoms with Crippen molar-refractivity contribution in [1.82, 2.24) is 9.55 Å². The average Bonchev–Trinajstić information content (AvgIpc) is 3.13. The lowest BCUT2D eigenvalue weighted by atomic mass is 10.0. The van der Waals surface area contributed by atoms with Crippen molar-refractivity contribution in [1.29, 1.82) is 0 Å². The van der Waals surface area contributed by atoms with Crippen LogP contribution in [0.4, 0.5) is 0 Å². The molecule has 2 aromatic heterocycles. The van der Waals surface area contributed by atoms with Gasteiger partial charge in [-0.25, -0.2) is 4.79 Å². The second kappa shape index (κ2) is 8.31. The van der Waals surface area contributed by atoms with Crippen molar-refractivity contribution in [3.05, 3.63) is 89.1 Å². The van der Waals surface area contributed by atoms with Gasteiger partial charge in [-0.1, -0.05) is 48.5 Å². The molecule has 7 nitrogen and oxygen atoms in total. The van der Waals surface area contributed by atoms with Gasteiger partial charge in [0, 0.05) is 23.5 Å². The van der Waals surface area contributed by atoms with Crippen LogP contribution >= 0.6 is 0 Å². The second-order valence-electron chi connectivity index (χ2n) is 6.86. The summed E-state index contributed by atoms with van der Waals surface area (Å²) in [5, 5.41) is 10.6. The van der Waals surface area contributed by atoms with Crippen LogP contribution in [0.25, 0.3) is 10.9 Å². The summed E-state index contributed by atoms with van der Waals surface area (Å²) in [5.74, 6) is -1.30. The zero-order valence-corrected chi connectivity index (χ0v) is 17.0. The van der Waals surface area contributed by atoms with Crippen LogP contribution in [0.15, 0.2) is 66.7 Å². The number of nitrogens with zero attached hydrogens (tertiary/aromatic N) is 2. The highest BCUT2D eigenvalue weighted by Crippen LogP contribution is 2.32. The van der Waals surface area contributed by atoms with Crippen molar-refractivity contribution in [3.8, 4) is 11.8 Å². The fourth-order valence-electron chi connectivity index (χ4n) is 3.69. The standard InChI is InChI=1S/C24H20N2O5/c1-30-19-13-12-17(23(25-19)31-2)22(27)20-16-10-6-7-11-18(16)26(21(20)24(28)29)14-15-8-4-3-5-9-15/h3-13H,14H2,1-2H3,(H,28,29). The average molecular weight is 416 g/mol. The van der Waals surface area contributed by atoms with Gasteiger partial charge in [0.15, 0.2) is 0 Å². The van der Waals surface area contributed by atoms with Gasteiger partial charge in [-0.15, -0.1) is 0 Å². The van der Waals surface area contributed by atoms with E-state index in [1.807, 2.05) is 42.5 Å². The van der Waals surface area contributed by atoms with Crippen molar-refractivity contribution >= 4 is 22.7 Å². The van der Waals surface area contributed by atoms with E-state index in [9.17, 15) is 14.7 Å². The summed E-state index contributed by atoms with van der Waals surface area (Å²) in [4.78, 5) is 30.1. The topological polar surface area (TPSA) is 90.7 Å². The van der Waals surface area contributed by atoms with Crippen LogP contribution in [-0.4, -0.2) is 40.6 Å². The Labute approximate surface area is 178 Å². The number of hydrogen-bond donors (Lipinski definition) is 1. The molecule has 0 aliphatic rings. The van der Waals surface area contributed by atoms with Crippen LogP contribution in [-0.2, 0) is 6.54 Å². The van der Waals surface area contributed by atoms with Crippen LogP contribution < -0.4 is 9.47 Å². The fraction of sp³-hybridized carbons (Fsp3) is 0.125. The molecule has 4 rings (SSSR count). The lowest BCUT2D eigenvalue weighted by Gasteiger charge is -2.10. The summed E-state index contributed by atoms with van der Waals surface area (Å²) >= 11 is 0. The zero-order chi connectivity index (χ0) is 22.0. The summed E-state index contributed by atoms with van der Waals surface area (Å²) in [6.07, 6.45) is 0. The first-order valence-corrected chi connectivity index (χ1v) is 9.57. The Hall–Kier alpha value is -4.13. The van der Waals surface area contributed by atoms with Crippen molar-refractivity contribution in [2.75, 3.05) is 14.2 Å². The maximum atomic E-state index is 13.6. The Morgan fingerprint density at radius 1 is 0.935 bits per heavy atom. The number of carbonyl (C=O) groups excluding carboxylic acids is 1. The van der Waals surface area contributed by atoms with Gasteiger partial charge in [0.1, 0.15) is 5.69 Å². The number of methoxy groups -OCH3 is 2. The minimum Gasteiger partial charge on any atom is -0.481 e. The number of carboxylic acid groups (broad SMARTS) is 1. The smallest absolute Gasteiger partial charge is 0.353 e. The number of carbonyl (C=O) groups is 2. The Balaban J connectivity index is 1.95. The lowest BCUT2D eigenvalue weighted by Crippen LogP contribution is -2.15. The van der Waals surface area contributed by atoms with Crippen molar-refractivity contribution in [2.45, 2.75) is 6.54 Å². The van der Waals surface area contributed by atoms with E-state index >= 15 is 0 Å². The molecule has 0 saturated heterocycles. The first kappa shape index (κ1) is 20.2. The molecule has 0 aliphatic heterocycles. The zero-order valence-electron chi connectivity index (χ0n) is 17.0. The third kappa shape index (κ3) is 3.61. The number of para-hydroxylation sites is 1. The van der Waals surface area contributed by atoms with E-state index in [2.05, 4.69) is 4.98 Å². The molecular formula is C24H20N2O5.